The minimum absolute atomic E-state index is 0.0557. The number of benzene rings is 1. The molecule has 0 radical (unpaired) electrons. The van der Waals surface area contributed by atoms with Gasteiger partial charge >= 0.3 is 12.0 Å². The van der Waals surface area contributed by atoms with Gasteiger partial charge in [0.25, 0.3) is 5.91 Å². The van der Waals surface area contributed by atoms with Crippen LogP contribution in [0.4, 0.5) is 4.79 Å². The van der Waals surface area contributed by atoms with Gasteiger partial charge in [0.1, 0.15) is 0 Å². The van der Waals surface area contributed by atoms with Gasteiger partial charge < -0.3 is 14.6 Å². The fourth-order valence-electron chi connectivity index (χ4n) is 1.87. The van der Waals surface area contributed by atoms with E-state index >= 15 is 0 Å². The number of imide groups is 1. The number of hydrogen-bond donors (Lipinski definition) is 2. The van der Waals surface area contributed by atoms with Crippen LogP contribution >= 0.6 is 11.6 Å². The first-order chi connectivity index (χ1) is 12.4. The number of ether oxygens (including phenoxy) is 1. The third-order valence-corrected chi connectivity index (χ3v) is 3.51. The second-order valence-corrected chi connectivity index (χ2v) is 5.66. The SMILES string of the molecule is CNC(=O)NC(=O)[C@H](C)OC(=O)CCc1nc(-c2ccc(Cl)cc2)no1. The van der Waals surface area contributed by atoms with E-state index in [0.717, 1.165) is 5.56 Å². The van der Waals surface area contributed by atoms with Crippen LogP contribution in [0.2, 0.25) is 5.02 Å². The number of rotatable bonds is 6. The van der Waals surface area contributed by atoms with Crippen LogP contribution in [-0.4, -0.2) is 41.2 Å². The number of halogens is 1. The summed E-state index contributed by atoms with van der Waals surface area (Å²) in [4.78, 5) is 38.6. The summed E-state index contributed by atoms with van der Waals surface area (Å²) in [5.74, 6) is -0.714. The molecular weight excluding hydrogens is 364 g/mol. The van der Waals surface area contributed by atoms with Gasteiger partial charge in [-0.1, -0.05) is 16.8 Å². The summed E-state index contributed by atoms with van der Waals surface area (Å²) < 4.78 is 10.0. The molecule has 9 nitrogen and oxygen atoms in total. The first kappa shape index (κ1) is 19.4. The zero-order chi connectivity index (χ0) is 19.1. The van der Waals surface area contributed by atoms with Crippen molar-refractivity contribution in [1.29, 1.82) is 0 Å². The van der Waals surface area contributed by atoms with Crippen LogP contribution in [0, 0.1) is 0 Å². The highest BCUT2D eigenvalue weighted by molar-refractivity contribution is 6.30. The van der Waals surface area contributed by atoms with Crippen LogP contribution in [0.15, 0.2) is 28.8 Å². The molecule has 2 N–H and O–H groups in total. The van der Waals surface area contributed by atoms with E-state index in [2.05, 4.69) is 15.5 Å². The number of carbonyl (C=O) groups excluding carboxylic acids is 3. The van der Waals surface area contributed by atoms with Crippen LogP contribution < -0.4 is 10.6 Å². The standard InChI is InChI=1S/C16H17ClN4O5/c1-9(15(23)20-16(24)18-2)25-13(22)8-7-12-19-14(21-26-12)10-3-5-11(17)6-4-10/h3-6,9H,7-8H2,1-2H3,(H2,18,20,23,24)/t9-/m0/s1. The summed E-state index contributed by atoms with van der Waals surface area (Å²) in [6.07, 6.45) is -1.00. The Morgan fingerprint density at radius 3 is 2.62 bits per heavy atom. The molecule has 0 fully saturated rings. The molecule has 0 saturated carbocycles. The molecule has 0 bridgehead atoms. The van der Waals surface area contributed by atoms with Crippen molar-refractivity contribution in [3.8, 4) is 11.4 Å². The zero-order valence-electron chi connectivity index (χ0n) is 14.1. The Morgan fingerprint density at radius 1 is 1.27 bits per heavy atom. The van der Waals surface area contributed by atoms with E-state index in [1.165, 1.54) is 14.0 Å². The van der Waals surface area contributed by atoms with Gasteiger partial charge in [-0.3, -0.25) is 14.9 Å². The van der Waals surface area contributed by atoms with Crippen LogP contribution in [-0.2, 0) is 20.7 Å². The van der Waals surface area contributed by atoms with Crippen molar-refractivity contribution in [2.75, 3.05) is 7.05 Å². The number of aromatic nitrogens is 2. The first-order valence-electron chi connectivity index (χ1n) is 7.69. The molecule has 1 heterocycles. The van der Waals surface area contributed by atoms with Gasteiger partial charge in [-0.05, 0) is 31.2 Å². The largest absolute Gasteiger partial charge is 0.453 e. The van der Waals surface area contributed by atoms with Crippen LogP contribution in [0.25, 0.3) is 11.4 Å². The quantitative estimate of drug-likeness (QED) is 0.731. The molecule has 10 heteroatoms. The highest BCUT2D eigenvalue weighted by Crippen LogP contribution is 2.19. The summed E-state index contributed by atoms with van der Waals surface area (Å²) >= 11 is 5.82. The van der Waals surface area contributed by atoms with Crippen LogP contribution in [0.1, 0.15) is 19.2 Å². The number of nitrogens with one attached hydrogen (secondary N) is 2. The normalized spacial score (nSPS) is 11.5. The number of carbonyl (C=O) groups is 3. The molecule has 0 aliphatic heterocycles. The van der Waals surface area contributed by atoms with E-state index < -0.39 is 24.0 Å². The minimum Gasteiger partial charge on any atom is -0.453 e. The molecule has 0 saturated heterocycles. The third kappa shape index (κ3) is 5.55. The maximum atomic E-state index is 11.8. The van der Waals surface area contributed by atoms with Crippen molar-refractivity contribution in [3.05, 3.63) is 35.2 Å². The second-order valence-electron chi connectivity index (χ2n) is 5.22. The summed E-state index contributed by atoms with van der Waals surface area (Å²) in [7, 11) is 1.36. The predicted octanol–water partition coefficient (Wildman–Crippen LogP) is 1.71. The van der Waals surface area contributed by atoms with Gasteiger partial charge in [0.05, 0.1) is 6.42 Å². The molecule has 2 aromatic rings. The van der Waals surface area contributed by atoms with Crippen molar-refractivity contribution in [3.63, 3.8) is 0 Å². The van der Waals surface area contributed by atoms with E-state index in [4.69, 9.17) is 20.9 Å². The number of esters is 1. The number of amides is 3. The molecule has 26 heavy (non-hydrogen) atoms. The summed E-state index contributed by atoms with van der Waals surface area (Å²) in [6.45, 7) is 1.36. The Labute approximate surface area is 154 Å². The van der Waals surface area contributed by atoms with Crippen molar-refractivity contribution < 1.29 is 23.6 Å². The fourth-order valence-corrected chi connectivity index (χ4v) is 1.99. The van der Waals surface area contributed by atoms with Gasteiger partial charge in [0, 0.05) is 24.1 Å². The van der Waals surface area contributed by atoms with Gasteiger partial charge in [0.2, 0.25) is 11.7 Å². The highest BCUT2D eigenvalue weighted by atomic mass is 35.5. The Morgan fingerprint density at radius 2 is 1.96 bits per heavy atom. The van der Waals surface area contributed by atoms with Crippen molar-refractivity contribution in [2.45, 2.75) is 25.9 Å². The Hall–Kier alpha value is -2.94. The molecule has 0 aliphatic carbocycles. The first-order valence-corrected chi connectivity index (χ1v) is 8.07. The maximum absolute atomic E-state index is 11.8. The highest BCUT2D eigenvalue weighted by Gasteiger charge is 2.20. The molecule has 2 rings (SSSR count). The smallest absolute Gasteiger partial charge is 0.321 e. The average Bonchev–Trinajstić information content (AvgIpc) is 3.09. The molecule has 0 unspecified atom stereocenters. The Kier molecular flexibility index (Phi) is 6.67. The van der Waals surface area contributed by atoms with Crippen molar-refractivity contribution >= 4 is 29.5 Å². The lowest BCUT2D eigenvalue weighted by atomic mass is 10.2. The van der Waals surface area contributed by atoms with E-state index in [1.807, 2.05) is 5.32 Å². The molecule has 1 aromatic heterocycles. The number of aryl methyl sites for hydroxylation is 1. The lowest BCUT2D eigenvalue weighted by Gasteiger charge is -2.12. The fraction of sp³-hybridized carbons (Fsp3) is 0.312. The van der Waals surface area contributed by atoms with E-state index in [1.54, 1.807) is 24.3 Å². The number of hydrogen-bond acceptors (Lipinski definition) is 7. The van der Waals surface area contributed by atoms with Gasteiger partial charge in [0.15, 0.2) is 6.10 Å². The molecule has 0 spiro atoms. The van der Waals surface area contributed by atoms with Crippen LogP contribution in [0.5, 0.6) is 0 Å². The van der Waals surface area contributed by atoms with Crippen molar-refractivity contribution in [1.82, 2.24) is 20.8 Å². The summed E-state index contributed by atoms with van der Waals surface area (Å²) in [5.41, 5.74) is 0.728. The van der Waals surface area contributed by atoms with Gasteiger partial charge in [-0.25, -0.2) is 4.79 Å². The average molecular weight is 381 g/mol. The molecule has 1 atom stereocenters. The lowest BCUT2D eigenvalue weighted by molar-refractivity contribution is -0.154. The topological polar surface area (TPSA) is 123 Å². The monoisotopic (exact) mass is 380 g/mol. The molecule has 138 valence electrons. The number of nitrogens with zero attached hydrogens (tertiary/aromatic N) is 2. The van der Waals surface area contributed by atoms with E-state index in [9.17, 15) is 14.4 Å². The molecule has 0 aliphatic rings. The predicted molar refractivity (Wildman–Crippen MR) is 91.2 cm³/mol. The third-order valence-electron chi connectivity index (χ3n) is 3.25. The van der Waals surface area contributed by atoms with Crippen molar-refractivity contribution in [2.24, 2.45) is 0 Å². The van der Waals surface area contributed by atoms with Gasteiger partial charge in [-0.2, -0.15) is 4.98 Å². The van der Waals surface area contributed by atoms with Gasteiger partial charge in [-0.15, -0.1) is 0 Å². The number of urea groups is 1. The summed E-state index contributed by atoms with van der Waals surface area (Å²) in [5, 5.41) is 8.67. The van der Waals surface area contributed by atoms with E-state index in [0.29, 0.717) is 10.8 Å². The van der Waals surface area contributed by atoms with Crippen LogP contribution in [0.3, 0.4) is 0 Å². The molecular formula is C16H17ClN4O5. The molecule has 1 aromatic carbocycles. The summed E-state index contributed by atoms with van der Waals surface area (Å²) in [6, 6.07) is 6.22. The maximum Gasteiger partial charge on any atom is 0.321 e. The molecule has 3 amide bonds. The zero-order valence-corrected chi connectivity index (χ0v) is 14.9. The Bertz CT molecular complexity index is 790. The minimum atomic E-state index is -1.10. The Balaban J connectivity index is 1.83. The van der Waals surface area contributed by atoms with E-state index in [-0.39, 0.29) is 18.7 Å². The second kappa shape index (κ2) is 8.95. The lowest BCUT2D eigenvalue weighted by Crippen LogP contribution is -2.43.